The summed E-state index contributed by atoms with van der Waals surface area (Å²) < 4.78 is 19.5. The maximum absolute atomic E-state index is 13.5. The van der Waals surface area contributed by atoms with Crippen molar-refractivity contribution in [3.63, 3.8) is 0 Å². The zero-order valence-corrected chi connectivity index (χ0v) is 18.0. The zero-order valence-electron chi connectivity index (χ0n) is 15.6. The van der Waals surface area contributed by atoms with E-state index in [9.17, 15) is 18.8 Å². The normalized spacial score (nSPS) is 10.7. The molecule has 2 aromatic rings. The quantitative estimate of drug-likeness (QED) is 0.464. The number of amides is 2. The van der Waals surface area contributed by atoms with Crippen molar-refractivity contribution >= 4 is 55.9 Å². The van der Waals surface area contributed by atoms with Crippen LogP contribution < -0.4 is 15.4 Å². The van der Waals surface area contributed by atoms with Crippen molar-refractivity contribution < 1.29 is 28.6 Å². The molecule has 8 nitrogen and oxygen atoms in total. The first-order valence-electron chi connectivity index (χ1n) is 8.53. The number of carboxylic acids is 1. The van der Waals surface area contributed by atoms with Crippen molar-refractivity contribution in [3.05, 3.63) is 33.5 Å². The van der Waals surface area contributed by atoms with Crippen molar-refractivity contribution in [1.29, 1.82) is 0 Å². The molecule has 29 heavy (non-hydrogen) atoms. The molecule has 0 spiro atoms. The van der Waals surface area contributed by atoms with E-state index >= 15 is 0 Å². The number of thiazole rings is 1. The first kappa shape index (κ1) is 22.8. The van der Waals surface area contributed by atoms with Gasteiger partial charge in [-0.25, -0.2) is 9.37 Å². The van der Waals surface area contributed by atoms with Gasteiger partial charge in [0.05, 0.1) is 28.2 Å². The van der Waals surface area contributed by atoms with Gasteiger partial charge in [-0.1, -0.05) is 25.2 Å². The number of aliphatic carboxylic acids is 1. The van der Waals surface area contributed by atoms with Crippen molar-refractivity contribution in [3.8, 4) is 5.75 Å². The van der Waals surface area contributed by atoms with Crippen LogP contribution in [0, 0.1) is 11.7 Å². The number of rotatable bonds is 9. The Morgan fingerprint density at radius 3 is 2.62 bits per heavy atom. The van der Waals surface area contributed by atoms with Crippen molar-refractivity contribution in [2.45, 2.75) is 26.7 Å². The molecule has 0 saturated carbocycles. The number of aromatic nitrogens is 1. The van der Waals surface area contributed by atoms with Crippen LogP contribution in [0.1, 0.15) is 26.0 Å². The highest BCUT2D eigenvalue weighted by molar-refractivity contribution is 9.11. The number of benzene rings is 1. The Morgan fingerprint density at radius 1 is 1.28 bits per heavy atom. The van der Waals surface area contributed by atoms with Crippen LogP contribution in [0.5, 0.6) is 5.75 Å². The first-order chi connectivity index (χ1) is 13.6. The van der Waals surface area contributed by atoms with E-state index < -0.39 is 30.0 Å². The molecule has 1 aromatic heterocycles. The van der Waals surface area contributed by atoms with Gasteiger partial charge in [0.1, 0.15) is 18.0 Å². The number of carbonyl (C=O) groups is 3. The Labute approximate surface area is 178 Å². The molecule has 0 fully saturated rings. The number of nitrogens with one attached hydrogen (secondary N) is 2. The Morgan fingerprint density at radius 2 is 1.97 bits per heavy atom. The van der Waals surface area contributed by atoms with Gasteiger partial charge in [-0.15, -0.1) is 0 Å². The van der Waals surface area contributed by atoms with Gasteiger partial charge in [0, 0.05) is 6.07 Å². The van der Waals surface area contributed by atoms with E-state index in [4.69, 9.17) is 9.84 Å². The van der Waals surface area contributed by atoms with Gasteiger partial charge < -0.3 is 20.5 Å². The Balaban J connectivity index is 1.97. The number of hydrogen-bond donors (Lipinski definition) is 3. The van der Waals surface area contributed by atoms with Crippen molar-refractivity contribution in [2.75, 3.05) is 17.2 Å². The van der Waals surface area contributed by atoms with Gasteiger partial charge in [0.25, 0.3) is 0 Å². The van der Waals surface area contributed by atoms with Gasteiger partial charge in [-0.05, 0) is 34.0 Å². The fraction of sp³-hybridized carbons (Fsp3) is 0.333. The average Bonchev–Trinajstić information content (AvgIpc) is 2.93. The number of ether oxygens (including phenoxy) is 1. The first-order valence-corrected chi connectivity index (χ1v) is 10.1. The fourth-order valence-electron chi connectivity index (χ4n) is 2.12. The van der Waals surface area contributed by atoms with Crippen molar-refractivity contribution in [2.24, 2.45) is 5.92 Å². The van der Waals surface area contributed by atoms with E-state index in [1.165, 1.54) is 12.1 Å². The molecule has 1 aromatic carbocycles. The molecule has 0 aliphatic heterocycles. The molecule has 2 amide bonds. The van der Waals surface area contributed by atoms with Crippen LogP contribution in [0.3, 0.4) is 0 Å². The standard InChI is InChI=1S/C18H19BrFN3O5S/c1-9(2)8-28-13-5-10(20)3-4-11(13)21-14(24)7-15(25)23-18-22-12(6-16(26)27)17(19)29-18/h3-5,9H,6-8H2,1-2H3,(H,21,24)(H,26,27)(H,22,23,25). The summed E-state index contributed by atoms with van der Waals surface area (Å²) in [5.74, 6) is -2.43. The lowest BCUT2D eigenvalue weighted by Crippen LogP contribution is -2.22. The molecule has 11 heteroatoms. The second-order valence-corrected chi connectivity index (χ2v) is 8.75. The van der Waals surface area contributed by atoms with Crippen LogP contribution in [0.2, 0.25) is 0 Å². The molecule has 0 aliphatic rings. The van der Waals surface area contributed by atoms with E-state index in [1.54, 1.807) is 0 Å². The Kier molecular flexibility index (Phi) is 8.09. The summed E-state index contributed by atoms with van der Waals surface area (Å²) in [5.41, 5.74) is 0.533. The third kappa shape index (κ3) is 7.42. The maximum atomic E-state index is 13.5. The molecular weight excluding hydrogens is 469 g/mol. The van der Waals surface area contributed by atoms with Gasteiger partial charge in [-0.2, -0.15) is 0 Å². The van der Waals surface area contributed by atoms with Crippen LogP contribution in [0.25, 0.3) is 0 Å². The minimum Gasteiger partial charge on any atom is -0.491 e. The van der Waals surface area contributed by atoms with E-state index in [0.29, 0.717) is 10.4 Å². The van der Waals surface area contributed by atoms with Crippen molar-refractivity contribution in [1.82, 2.24) is 4.98 Å². The SMILES string of the molecule is CC(C)COc1cc(F)ccc1NC(=O)CC(=O)Nc1nc(CC(=O)O)c(Br)s1. The molecule has 156 valence electrons. The van der Waals surface area contributed by atoms with Gasteiger partial charge in [0.2, 0.25) is 11.8 Å². The largest absolute Gasteiger partial charge is 0.491 e. The van der Waals surface area contributed by atoms with Crippen LogP contribution in [-0.4, -0.2) is 34.5 Å². The monoisotopic (exact) mass is 487 g/mol. The van der Waals surface area contributed by atoms with E-state index in [-0.39, 0.29) is 34.6 Å². The number of carbonyl (C=O) groups excluding carboxylic acids is 2. The second kappa shape index (κ2) is 10.3. The van der Waals surface area contributed by atoms with Gasteiger partial charge >= 0.3 is 5.97 Å². The average molecular weight is 488 g/mol. The lowest BCUT2D eigenvalue weighted by atomic mass is 10.2. The zero-order chi connectivity index (χ0) is 21.6. The third-order valence-corrected chi connectivity index (χ3v) is 5.07. The summed E-state index contributed by atoms with van der Waals surface area (Å²) in [6, 6.07) is 3.70. The molecule has 0 radical (unpaired) electrons. The molecule has 0 saturated heterocycles. The van der Waals surface area contributed by atoms with Gasteiger partial charge in [-0.3, -0.25) is 14.4 Å². The number of halogens is 2. The minimum atomic E-state index is -1.05. The van der Waals surface area contributed by atoms with E-state index in [1.807, 2.05) is 13.8 Å². The molecule has 0 atom stereocenters. The molecule has 0 bridgehead atoms. The second-order valence-electron chi connectivity index (χ2n) is 6.43. The Bertz CT molecular complexity index is 919. The van der Waals surface area contributed by atoms with E-state index in [0.717, 1.165) is 17.4 Å². The highest BCUT2D eigenvalue weighted by Gasteiger charge is 2.17. The lowest BCUT2D eigenvalue weighted by Gasteiger charge is -2.14. The fourth-order valence-corrected chi connectivity index (χ4v) is 3.53. The third-order valence-electron chi connectivity index (χ3n) is 3.33. The number of hydrogen-bond acceptors (Lipinski definition) is 6. The predicted molar refractivity (Wildman–Crippen MR) is 110 cm³/mol. The molecule has 2 rings (SSSR count). The van der Waals surface area contributed by atoms with Gasteiger partial charge in [0.15, 0.2) is 5.13 Å². The summed E-state index contributed by atoms with van der Waals surface area (Å²) in [6.45, 7) is 4.20. The molecule has 3 N–H and O–H groups in total. The number of nitrogens with zero attached hydrogens (tertiary/aromatic N) is 1. The summed E-state index contributed by atoms with van der Waals surface area (Å²) in [5, 5.41) is 14.0. The number of anilines is 2. The van der Waals surface area contributed by atoms with Crippen LogP contribution in [0.4, 0.5) is 15.2 Å². The maximum Gasteiger partial charge on any atom is 0.309 e. The highest BCUT2D eigenvalue weighted by atomic mass is 79.9. The van der Waals surface area contributed by atoms with Crippen LogP contribution >= 0.6 is 27.3 Å². The molecule has 1 heterocycles. The number of carboxylic acid groups (broad SMARTS) is 1. The lowest BCUT2D eigenvalue weighted by molar-refractivity contribution is -0.136. The topological polar surface area (TPSA) is 118 Å². The minimum absolute atomic E-state index is 0.175. The highest BCUT2D eigenvalue weighted by Crippen LogP contribution is 2.29. The summed E-state index contributed by atoms with van der Waals surface area (Å²) in [4.78, 5) is 39.0. The molecular formula is C18H19BrFN3O5S. The summed E-state index contributed by atoms with van der Waals surface area (Å²) in [6.07, 6.45) is -0.802. The summed E-state index contributed by atoms with van der Waals surface area (Å²) in [7, 11) is 0. The summed E-state index contributed by atoms with van der Waals surface area (Å²) >= 11 is 4.23. The molecule has 0 unspecified atom stereocenters. The molecule has 0 aliphatic carbocycles. The van der Waals surface area contributed by atoms with E-state index in [2.05, 4.69) is 31.5 Å². The Hall–Kier alpha value is -2.53. The predicted octanol–water partition coefficient (Wildman–Crippen LogP) is 3.67. The van der Waals surface area contributed by atoms with Crippen LogP contribution in [-0.2, 0) is 20.8 Å². The smallest absolute Gasteiger partial charge is 0.309 e. The van der Waals surface area contributed by atoms with Crippen LogP contribution in [0.15, 0.2) is 22.0 Å².